The summed E-state index contributed by atoms with van der Waals surface area (Å²) in [5.41, 5.74) is 4.49. The number of carbonyl (C=O) groups excluding carboxylic acids is 3. The Kier molecular flexibility index (Phi) is 9.54. The zero-order valence-electron chi connectivity index (χ0n) is 22.6. The number of hydrogen-bond acceptors (Lipinski definition) is 7. The van der Waals surface area contributed by atoms with Crippen molar-refractivity contribution in [3.05, 3.63) is 86.2 Å². The Balaban J connectivity index is 1.36. The monoisotopic (exact) mass is 624 g/mol. The molecule has 0 atom stereocenters. The van der Waals surface area contributed by atoms with Crippen LogP contribution in [0.1, 0.15) is 22.3 Å². The standard InChI is InChI=1S/C30H29BrN2O6S/c1-18-5-8-22(9-6-18)38-14-13-33-29(35)27(40-30(33)36)16-21-7-12-25(26(15-21)37-4)39-17-28(34)32-24-11-10-23(31)19(2)20(24)3/h5-12,15-16H,13-14,17H2,1-4H3,(H,32,34)/b27-16-. The van der Waals surface area contributed by atoms with Crippen molar-refractivity contribution in [2.45, 2.75) is 20.8 Å². The molecular weight excluding hydrogens is 596 g/mol. The predicted octanol–water partition coefficient (Wildman–Crippen LogP) is 6.52. The highest BCUT2D eigenvalue weighted by Crippen LogP contribution is 2.34. The molecule has 1 aliphatic heterocycles. The van der Waals surface area contributed by atoms with E-state index in [-0.39, 0.29) is 36.8 Å². The summed E-state index contributed by atoms with van der Waals surface area (Å²) in [6, 6.07) is 16.4. The van der Waals surface area contributed by atoms with Gasteiger partial charge in [0.1, 0.15) is 12.4 Å². The van der Waals surface area contributed by atoms with Crippen molar-refractivity contribution in [1.82, 2.24) is 4.90 Å². The van der Waals surface area contributed by atoms with Crippen molar-refractivity contribution in [1.29, 1.82) is 0 Å². The van der Waals surface area contributed by atoms with Crippen molar-refractivity contribution in [2.24, 2.45) is 0 Å². The molecule has 3 aromatic carbocycles. The Bertz CT molecular complexity index is 1470. The molecule has 1 fully saturated rings. The van der Waals surface area contributed by atoms with Crippen LogP contribution in [0.3, 0.4) is 0 Å². The molecule has 0 spiro atoms. The molecule has 8 nitrogen and oxygen atoms in total. The van der Waals surface area contributed by atoms with Crippen molar-refractivity contribution in [2.75, 3.05) is 32.2 Å². The number of aryl methyl sites for hydroxylation is 1. The van der Waals surface area contributed by atoms with E-state index >= 15 is 0 Å². The van der Waals surface area contributed by atoms with E-state index < -0.39 is 0 Å². The SMILES string of the molecule is COc1cc(/C=C2\SC(=O)N(CCOc3ccc(C)cc3)C2=O)ccc1OCC(=O)Nc1ccc(Br)c(C)c1C. The molecular formula is C30H29BrN2O6S. The quantitative estimate of drug-likeness (QED) is 0.257. The third-order valence-corrected chi connectivity index (χ3v) is 8.08. The Labute approximate surface area is 245 Å². The van der Waals surface area contributed by atoms with E-state index in [2.05, 4.69) is 21.2 Å². The lowest BCUT2D eigenvalue weighted by molar-refractivity contribution is -0.123. The zero-order valence-corrected chi connectivity index (χ0v) is 25.0. The fourth-order valence-electron chi connectivity index (χ4n) is 3.88. The van der Waals surface area contributed by atoms with Gasteiger partial charge in [0.2, 0.25) is 0 Å². The lowest BCUT2D eigenvalue weighted by Crippen LogP contribution is -2.32. The van der Waals surface area contributed by atoms with E-state index in [1.165, 1.54) is 12.0 Å². The second kappa shape index (κ2) is 13.1. The lowest BCUT2D eigenvalue weighted by atomic mass is 10.1. The van der Waals surface area contributed by atoms with Crippen LogP contribution in [0.15, 0.2) is 64.0 Å². The molecule has 0 saturated carbocycles. The first kappa shape index (κ1) is 29.2. The molecule has 1 saturated heterocycles. The molecule has 10 heteroatoms. The van der Waals surface area contributed by atoms with Crippen LogP contribution in [0.5, 0.6) is 17.2 Å². The third kappa shape index (κ3) is 7.05. The van der Waals surface area contributed by atoms with Gasteiger partial charge in [-0.2, -0.15) is 0 Å². The first-order valence-electron chi connectivity index (χ1n) is 12.5. The fourth-order valence-corrected chi connectivity index (χ4v) is 5.17. The Morgan fingerprint density at radius 1 is 0.975 bits per heavy atom. The number of halogens is 1. The van der Waals surface area contributed by atoms with Crippen LogP contribution in [0.25, 0.3) is 6.08 Å². The van der Waals surface area contributed by atoms with Crippen LogP contribution in [-0.4, -0.2) is 48.8 Å². The molecule has 208 valence electrons. The maximum Gasteiger partial charge on any atom is 0.293 e. The molecule has 0 aliphatic carbocycles. The van der Waals surface area contributed by atoms with Crippen molar-refractivity contribution >= 4 is 56.5 Å². The Morgan fingerprint density at radius 2 is 1.73 bits per heavy atom. The largest absolute Gasteiger partial charge is 0.493 e. The fraction of sp³-hybridized carbons (Fsp3) is 0.233. The molecule has 1 aliphatic rings. The lowest BCUT2D eigenvalue weighted by Gasteiger charge is -2.14. The minimum Gasteiger partial charge on any atom is -0.493 e. The second-order valence-electron chi connectivity index (χ2n) is 9.09. The Hall–Kier alpha value is -3.76. The van der Waals surface area contributed by atoms with Gasteiger partial charge in [-0.1, -0.05) is 39.7 Å². The number of thioether (sulfide) groups is 1. The molecule has 0 aromatic heterocycles. The van der Waals surface area contributed by atoms with Crippen LogP contribution < -0.4 is 19.5 Å². The highest BCUT2D eigenvalue weighted by molar-refractivity contribution is 9.10. The first-order valence-corrected chi connectivity index (χ1v) is 14.1. The smallest absolute Gasteiger partial charge is 0.293 e. The molecule has 40 heavy (non-hydrogen) atoms. The number of carbonyl (C=O) groups is 3. The number of methoxy groups -OCH3 is 1. The van der Waals surface area contributed by atoms with Gasteiger partial charge in [-0.25, -0.2) is 0 Å². The number of nitrogens with zero attached hydrogens (tertiary/aromatic N) is 1. The van der Waals surface area contributed by atoms with Gasteiger partial charge in [0.25, 0.3) is 17.1 Å². The number of ether oxygens (including phenoxy) is 3. The van der Waals surface area contributed by atoms with Crippen LogP contribution in [-0.2, 0) is 9.59 Å². The first-order chi connectivity index (χ1) is 19.2. The summed E-state index contributed by atoms with van der Waals surface area (Å²) >= 11 is 4.36. The van der Waals surface area contributed by atoms with E-state index in [4.69, 9.17) is 14.2 Å². The number of amides is 3. The number of nitrogens with one attached hydrogen (secondary N) is 1. The van der Waals surface area contributed by atoms with E-state index in [1.54, 1.807) is 24.3 Å². The number of benzene rings is 3. The minimum atomic E-state index is -0.378. The summed E-state index contributed by atoms with van der Waals surface area (Å²) in [7, 11) is 1.49. The van der Waals surface area contributed by atoms with Gasteiger partial charge >= 0.3 is 0 Å². The molecule has 1 N–H and O–H groups in total. The number of hydrogen-bond donors (Lipinski definition) is 1. The van der Waals surface area contributed by atoms with E-state index in [9.17, 15) is 14.4 Å². The molecule has 4 rings (SSSR count). The van der Waals surface area contributed by atoms with E-state index in [0.29, 0.717) is 33.4 Å². The van der Waals surface area contributed by atoms with Crippen LogP contribution in [0.4, 0.5) is 10.5 Å². The Morgan fingerprint density at radius 3 is 2.45 bits per heavy atom. The van der Waals surface area contributed by atoms with Crippen LogP contribution in [0, 0.1) is 20.8 Å². The number of anilines is 1. The van der Waals surface area contributed by atoms with Crippen LogP contribution in [0.2, 0.25) is 0 Å². The van der Waals surface area contributed by atoms with Crippen molar-refractivity contribution < 1.29 is 28.6 Å². The van der Waals surface area contributed by atoms with Crippen LogP contribution >= 0.6 is 27.7 Å². The summed E-state index contributed by atoms with van der Waals surface area (Å²) in [4.78, 5) is 39.3. The molecule has 3 aromatic rings. The molecule has 1 heterocycles. The maximum absolute atomic E-state index is 12.9. The van der Waals surface area contributed by atoms with Gasteiger partial charge in [0.05, 0.1) is 18.6 Å². The molecule has 0 bridgehead atoms. The predicted molar refractivity (Wildman–Crippen MR) is 160 cm³/mol. The van der Waals surface area contributed by atoms with Gasteiger partial charge in [-0.15, -0.1) is 0 Å². The van der Waals surface area contributed by atoms with Gasteiger partial charge in [-0.05, 0) is 91.7 Å². The summed E-state index contributed by atoms with van der Waals surface area (Å²) in [5.74, 6) is 0.759. The minimum absolute atomic E-state index is 0.146. The second-order valence-corrected chi connectivity index (χ2v) is 10.9. The maximum atomic E-state index is 12.9. The summed E-state index contributed by atoms with van der Waals surface area (Å²) < 4.78 is 17.8. The summed E-state index contributed by atoms with van der Waals surface area (Å²) in [6.07, 6.45) is 1.63. The average molecular weight is 626 g/mol. The highest BCUT2D eigenvalue weighted by atomic mass is 79.9. The van der Waals surface area contributed by atoms with E-state index in [0.717, 1.165) is 32.9 Å². The van der Waals surface area contributed by atoms with Gasteiger partial charge in [-0.3, -0.25) is 19.3 Å². The van der Waals surface area contributed by atoms with Gasteiger partial charge < -0.3 is 19.5 Å². The van der Waals surface area contributed by atoms with Crippen molar-refractivity contribution in [3.8, 4) is 17.2 Å². The topological polar surface area (TPSA) is 94.2 Å². The van der Waals surface area contributed by atoms with Gasteiger partial charge in [0, 0.05) is 10.2 Å². The molecule has 0 unspecified atom stereocenters. The molecule has 3 amide bonds. The number of rotatable bonds is 10. The normalized spacial score (nSPS) is 14.0. The average Bonchev–Trinajstić information content (AvgIpc) is 3.20. The zero-order chi connectivity index (χ0) is 28.8. The highest BCUT2D eigenvalue weighted by Gasteiger charge is 2.34. The summed E-state index contributed by atoms with van der Waals surface area (Å²) in [6.45, 7) is 6.02. The van der Waals surface area contributed by atoms with E-state index in [1.807, 2.05) is 57.2 Å². The number of imide groups is 1. The summed E-state index contributed by atoms with van der Waals surface area (Å²) in [5, 5.41) is 2.51. The van der Waals surface area contributed by atoms with Gasteiger partial charge in [0.15, 0.2) is 18.1 Å². The molecule has 0 radical (unpaired) electrons. The van der Waals surface area contributed by atoms with Crippen molar-refractivity contribution in [3.63, 3.8) is 0 Å². The third-order valence-electron chi connectivity index (χ3n) is 6.32.